The molecule has 1 unspecified atom stereocenters. The van der Waals surface area contributed by atoms with Gasteiger partial charge in [-0.05, 0) is 49.9 Å². The van der Waals surface area contributed by atoms with Gasteiger partial charge in [-0.25, -0.2) is 4.98 Å². The second-order valence-electron chi connectivity index (χ2n) is 7.09. The van der Waals surface area contributed by atoms with Gasteiger partial charge in [-0.2, -0.15) is 0 Å². The second-order valence-corrected chi connectivity index (χ2v) is 8.17. The summed E-state index contributed by atoms with van der Waals surface area (Å²) in [5, 5.41) is 6.58. The normalized spacial score (nSPS) is 18.9. The van der Waals surface area contributed by atoms with Crippen molar-refractivity contribution >= 4 is 28.3 Å². The first kappa shape index (κ1) is 18.0. The lowest BCUT2D eigenvalue weighted by Crippen LogP contribution is -2.36. The van der Waals surface area contributed by atoms with Crippen molar-refractivity contribution in [1.29, 1.82) is 0 Å². The molecule has 0 bridgehead atoms. The van der Waals surface area contributed by atoms with Crippen LogP contribution in [0.15, 0.2) is 24.3 Å². The Bertz CT molecular complexity index is 841. The van der Waals surface area contributed by atoms with E-state index in [2.05, 4.69) is 15.6 Å². The lowest BCUT2D eigenvalue weighted by atomic mass is 10.1. The number of aryl methyl sites for hydroxylation is 1. The van der Waals surface area contributed by atoms with Gasteiger partial charge in [0.05, 0.1) is 18.7 Å². The molecule has 1 saturated carbocycles. The molecule has 0 aliphatic heterocycles. The van der Waals surface area contributed by atoms with Crippen molar-refractivity contribution < 1.29 is 14.3 Å². The molecule has 27 heavy (non-hydrogen) atoms. The Morgan fingerprint density at radius 2 is 1.89 bits per heavy atom. The zero-order valence-electron chi connectivity index (χ0n) is 15.3. The number of hydrogen-bond acceptors (Lipinski definition) is 5. The Hall–Kier alpha value is -2.41. The topological polar surface area (TPSA) is 80.3 Å². The molecule has 4 rings (SSSR count). The van der Waals surface area contributed by atoms with E-state index >= 15 is 0 Å². The average Bonchev–Trinajstić information content (AvgIpc) is 3.39. The van der Waals surface area contributed by atoms with E-state index in [1.807, 2.05) is 0 Å². The fourth-order valence-electron chi connectivity index (χ4n) is 3.82. The number of carbonyl (C=O) groups excluding carboxylic acids is 2. The SMILES string of the molecule is COc1ccc(C(=O)Nc2nc3c(s2)CCC3C(=O)NC2CCCC2)cc1. The van der Waals surface area contributed by atoms with Gasteiger partial charge in [-0.1, -0.05) is 12.8 Å². The first-order chi connectivity index (χ1) is 13.1. The van der Waals surface area contributed by atoms with Gasteiger partial charge in [0.2, 0.25) is 5.91 Å². The van der Waals surface area contributed by atoms with Crippen LogP contribution in [-0.2, 0) is 11.2 Å². The summed E-state index contributed by atoms with van der Waals surface area (Å²) in [4.78, 5) is 30.7. The minimum absolute atomic E-state index is 0.0824. The van der Waals surface area contributed by atoms with Gasteiger partial charge in [0.1, 0.15) is 5.75 Å². The van der Waals surface area contributed by atoms with Crippen LogP contribution in [0.3, 0.4) is 0 Å². The van der Waals surface area contributed by atoms with Crippen molar-refractivity contribution in [2.75, 3.05) is 12.4 Å². The Balaban J connectivity index is 1.42. The number of benzene rings is 1. The van der Waals surface area contributed by atoms with Crippen LogP contribution in [0.5, 0.6) is 5.75 Å². The average molecular weight is 385 g/mol. The minimum Gasteiger partial charge on any atom is -0.497 e. The number of hydrogen-bond donors (Lipinski definition) is 2. The summed E-state index contributed by atoms with van der Waals surface area (Å²) in [7, 11) is 1.59. The number of anilines is 1. The van der Waals surface area contributed by atoms with Gasteiger partial charge in [0.15, 0.2) is 5.13 Å². The lowest BCUT2D eigenvalue weighted by Gasteiger charge is -2.15. The third kappa shape index (κ3) is 3.83. The molecule has 0 radical (unpaired) electrons. The summed E-state index contributed by atoms with van der Waals surface area (Å²) in [6.07, 6.45) is 6.18. The van der Waals surface area contributed by atoms with Crippen molar-refractivity contribution in [2.24, 2.45) is 0 Å². The van der Waals surface area contributed by atoms with E-state index in [1.165, 1.54) is 24.2 Å². The Morgan fingerprint density at radius 1 is 1.15 bits per heavy atom. The highest BCUT2D eigenvalue weighted by Crippen LogP contribution is 2.38. The Kier molecular flexibility index (Phi) is 5.11. The predicted octanol–water partition coefficient (Wildman–Crippen LogP) is 3.49. The molecule has 1 heterocycles. The highest BCUT2D eigenvalue weighted by Gasteiger charge is 2.34. The lowest BCUT2D eigenvalue weighted by molar-refractivity contribution is -0.123. The third-order valence-corrected chi connectivity index (χ3v) is 6.35. The molecule has 0 saturated heterocycles. The number of methoxy groups -OCH3 is 1. The zero-order valence-corrected chi connectivity index (χ0v) is 16.1. The molecule has 2 N–H and O–H groups in total. The van der Waals surface area contributed by atoms with Crippen LogP contribution >= 0.6 is 11.3 Å². The standard InChI is InChI=1S/C20H23N3O3S/c1-26-14-8-6-12(7-9-14)18(24)23-20-22-17-15(10-11-16(17)27-20)19(25)21-13-4-2-3-5-13/h6-9,13,15H,2-5,10-11H2,1H3,(H,21,25)(H,22,23,24). The predicted molar refractivity (Wildman–Crippen MR) is 105 cm³/mol. The van der Waals surface area contributed by atoms with Crippen LogP contribution in [0.2, 0.25) is 0 Å². The van der Waals surface area contributed by atoms with E-state index in [1.54, 1.807) is 31.4 Å². The highest BCUT2D eigenvalue weighted by molar-refractivity contribution is 7.16. The summed E-state index contributed by atoms with van der Waals surface area (Å²) >= 11 is 1.47. The Labute approximate surface area is 162 Å². The van der Waals surface area contributed by atoms with Crippen molar-refractivity contribution in [1.82, 2.24) is 10.3 Å². The summed E-state index contributed by atoms with van der Waals surface area (Å²) in [5.74, 6) is 0.385. The minimum atomic E-state index is -0.211. The number of fused-ring (bicyclic) bond motifs is 1. The molecule has 0 spiro atoms. The second kappa shape index (κ2) is 7.68. The first-order valence-corrected chi connectivity index (χ1v) is 10.2. The van der Waals surface area contributed by atoms with Crippen LogP contribution in [0.25, 0.3) is 0 Å². The van der Waals surface area contributed by atoms with Gasteiger partial charge in [0.25, 0.3) is 5.91 Å². The van der Waals surface area contributed by atoms with Gasteiger partial charge < -0.3 is 10.1 Å². The monoisotopic (exact) mass is 385 g/mol. The number of aromatic nitrogens is 1. The number of ether oxygens (including phenoxy) is 1. The molecule has 2 aromatic rings. The van der Waals surface area contributed by atoms with E-state index in [4.69, 9.17) is 4.74 Å². The molecule has 2 aliphatic rings. The summed E-state index contributed by atoms with van der Waals surface area (Å²) in [6, 6.07) is 7.25. The van der Waals surface area contributed by atoms with Crippen LogP contribution in [-0.4, -0.2) is 29.9 Å². The molecule has 2 amide bonds. The molecule has 1 fully saturated rings. The maximum atomic E-state index is 12.6. The number of thiazole rings is 1. The molecular weight excluding hydrogens is 362 g/mol. The van der Waals surface area contributed by atoms with Crippen LogP contribution < -0.4 is 15.4 Å². The molecule has 1 atom stereocenters. The number of rotatable bonds is 5. The molecule has 1 aromatic heterocycles. The van der Waals surface area contributed by atoms with Crippen LogP contribution in [0.1, 0.15) is 59.0 Å². The van der Waals surface area contributed by atoms with Gasteiger partial charge >= 0.3 is 0 Å². The van der Waals surface area contributed by atoms with Crippen molar-refractivity contribution in [3.8, 4) is 5.75 Å². The summed E-state index contributed by atoms with van der Waals surface area (Å²) < 4.78 is 5.11. The fourth-order valence-corrected chi connectivity index (χ4v) is 4.85. The quantitative estimate of drug-likeness (QED) is 0.826. The maximum absolute atomic E-state index is 12.6. The van der Waals surface area contributed by atoms with Crippen LogP contribution in [0.4, 0.5) is 5.13 Å². The molecule has 142 valence electrons. The molecular formula is C20H23N3O3S. The number of nitrogens with zero attached hydrogens (tertiary/aromatic N) is 1. The fraction of sp³-hybridized carbons (Fsp3) is 0.450. The maximum Gasteiger partial charge on any atom is 0.257 e. The van der Waals surface area contributed by atoms with Gasteiger partial charge in [-0.3, -0.25) is 14.9 Å². The number of nitrogens with one attached hydrogen (secondary N) is 2. The van der Waals surface area contributed by atoms with E-state index in [0.29, 0.717) is 22.5 Å². The molecule has 2 aliphatic carbocycles. The third-order valence-electron chi connectivity index (χ3n) is 5.31. The zero-order chi connectivity index (χ0) is 18.8. The molecule has 6 nitrogen and oxygen atoms in total. The summed E-state index contributed by atoms with van der Waals surface area (Å²) in [6.45, 7) is 0. The number of amides is 2. The Morgan fingerprint density at radius 3 is 2.59 bits per heavy atom. The van der Waals surface area contributed by atoms with E-state index in [9.17, 15) is 9.59 Å². The largest absolute Gasteiger partial charge is 0.497 e. The van der Waals surface area contributed by atoms with E-state index < -0.39 is 0 Å². The van der Waals surface area contributed by atoms with Crippen molar-refractivity contribution in [3.63, 3.8) is 0 Å². The van der Waals surface area contributed by atoms with Gasteiger partial charge in [0, 0.05) is 16.5 Å². The highest BCUT2D eigenvalue weighted by atomic mass is 32.1. The van der Waals surface area contributed by atoms with Gasteiger partial charge in [-0.15, -0.1) is 11.3 Å². The smallest absolute Gasteiger partial charge is 0.257 e. The van der Waals surface area contributed by atoms with E-state index in [-0.39, 0.29) is 17.7 Å². The molecule has 7 heteroatoms. The number of carbonyl (C=O) groups is 2. The first-order valence-electron chi connectivity index (χ1n) is 9.39. The van der Waals surface area contributed by atoms with E-state index in [0.717, 1.165) is 36.3 Å². The molecule has 1 aromatic carbocycles. The van der Waals surface area contributed by atoms with Crippen LogP contribution in [0, 0.1) is 0 Å². The van der Waals surface area contributed by atoms with Crippen molar-refractivity contribution in [2.45, 2.75) is 50.5 Å². The van der Waals surface area contributed by atoms with Crippen molar-refractivity contribution in [3.05, 3.63) is 40.4 Å². The summed E-state index contributed by atoms with van der Waals surface area (Å²) in [5.41, 5.74) is 1.38.